The lowest BCUT2D eigenvalue weighted by Crippen LogP contribution is -2.36. The summed E-state index contributed by atoms with van der Waals surface area (Å²) in [5, 5.41) is 0. The Bertz CT molecular complexity index is 586. The molecule has 0 bridgehead atoms. The predicted molar refractivity (Wildman–Crippen MR) is 79.8 cm³/mol. The number of amides is 1. The number of nitrogens with zero attached hydrogens (tertiary/aromatic N) is 2. The van der Waals surface area contributed by atoms with Crippen LogP contribution in [0.1, 0.15) is 13.3 Å². The quantitative estimate of drug-likeness (QED) is 0.806. The highest BCUT2D eigenvalue weighted by Gasteiger charge is 2.27. The molecule has 1 heterocycles. The molecule has 0 N–H and O–H groups in total. The average Bonchev–Trinajstić information content (AvgIpc) is 2.65. The smallest absolute Gasteiger partial charge is 0.243 e. The normalized spacial score (nSPS) is 17.8. The molecule has 5 nitrogen and oxygen atoms in total. The van der Waals surface area contributed by atoms with Gasteiger partial charge in [0.2, 0.25) is 15.9 Å². The van der Waals surface area contributed by atoms with Crippen molar-refractivity contribution in [2.45, 2.75) is 18.2 Å². The number of hydrogen-bond donors (Lipinski definition) is 0. The van der Waals surface area contributed by atoms with Crippen molar-refractivity contribution in [3.8, 4) is 0 Å². The van der Waals surface area contributed by atoms with Crippen LogP contribution < -0.4 is 0 Å². The summed E-state index contributed by atoms with van der Waals surface area (Å²) < 4.78 is 27.4. The van der Waals surface area contributed by atoms with Crippen LogP contribution in [0.4, 0.5) is 0 Å². The Kier molecular flexibility index (Phi) is 4.82. The van der Waals surface area contributed by atoms with E-state index in [-0.39, 0.29) is 10.8 Å². The molecule has 1 aliphatic rings. The summed E-state index contributed by atoms with van der Waals surface area (Å²) in [5.41, 5.74) is 0. The number of halogens is 1. The molecule has 0 aromatic heterocycles. The molecule has 2 rings (SSSR count). The number of hydrogen-bond acceptors (Lipinski definition) is 3. The van der Waals surface area contributed by atoms with Crippen molar-refractivity contribution in [3.63, 3.8) is 0 Å². The molecule has 1 aromatic carbocycles. The fraction of sp³-hybridized carbons (Fsp3) is 0.462. The van der Waals surface area contributed by atoms with Gasteiger partial charge in [0.25, 0.3) is 0 Å². The van der Waals surface area contributed by atoms with Gasteiger partial charge in [-0.15, -0.1) is 0 Å². The van der Waals surface area contributed by atoms with Gasteiger partial charge in [-0.1, -0.05) is 15.9 Å². The molecule has 1 aliphatic heterocycles. The summed E-state index contributed by atoms with van der Waals surface area (Å²) in [6, 6.07) is 6.61. The highest BCUT2D eigenvalue weighted by Crippen LogP contribution is 2.20. The van der Waals surface area contributed by atoms with Crippen LogP contribution in [-0.2, 0) is 14.8 Å². The summed E-state index contributed by atoms with van der Waals surface area (Å²) in [6.45, 7) is 3.37. The second-order valence-electron chi connectivity index (χ2n) is 4.72. The molecule has 1 aromatic rings. The third-order valence-electron chi connectivity index (χ3n) is 3.35. The van der Waals surface area contributed by atoms with Gasteiger partial charge in [0.05, 0.1) is 4.90 Å². The van der Waals surface area contributed by atoms with Crippen LogP contribution in [0.25, 0.3) is 0 Å². The van der Waals surface area contributed by atoms with E-state index in [4.69, 9.17) is 0 Å². The second-order valence-corrected chi connectivity index (χ2v) is 7.57. The van der Waals surface area contributed by atoms with Crippen LogP contribution in [0.2, 0.25) is 0 Å². The molecule has 0 spiro atoms. The highest BCUT2D eigenvalue weighted by molar-refractivity contribution is 9.10. The Hall–Kier alpha value is -0.920. The molecule has 110 valence electrons. The van der Waals surface area contributed by atoms with E-state index in [2.05, 4.69) is 15.9 Å². The maximum absolute atomic E-state index is 12.5. The van der Waals surface area contributed by atoms with E-state index in [9.17, 15) is 13.2 Å². The summed E-state index contributed by atoms with van der Waals surface area (Å²) in [5.74, 6) is -0.00658. The molecule has 0 radical (unpaired) electrons. The monoisotopic (exact) mass is 360 g/mol. The fourth-order valence-corrected chi connectivity index (χ4v) is 3.94. The molecule has 1 amide bonds. The van der Waals surface area contributed by atoms with Gasteiger partial charge in [-0.05, 0) is 30.7 Å². The Balaban J connectivity index is 2.18. The first-order valence-corrected chi connectivity index (χ1v) is 8.66. The zero-order valence-corrected chi connectivity index (χ0v) is 13.7. The standard InChI is InChI=1S/C13H17BrN2O3S/c1-11(17)15-7-2-8-16(10-9-15)20(18,19)13-5-3-12(14)4-6-13/h3-6H,2,7-10H2,1H3. The van der Waals surface area contributed by atoms with E-state index < -0.39 is 10.0 Å². The van der Waals surface area contributed by atoms with Crippen molar-refractivity contribution < 1.29 is 13.2 Å². The maximum atomic E-state index is 12.5. The van der Waals surface area contributed by atoms with Crippen LogP contribution >= 0.6 is 15.9 Å². The first-order valence-electron chi connectivity index (χ1n) is 6.42. The van der Waals surface area contributed by atoms with Crippen molar-refractivity contribution in [2.75, 3.05) is 26.2 Å². The minimum atomic E-state index is -3.48. The van der Waals surface area contributed by atoms with E-state index in [0.29, 0.717) is 32.6 Å². The zero-order valence-electron chi connectivity index (χ0n) is 11.3. The van der Waals surface area contributed by atoms with Gasteiger partial charge in [-0.25, -0.2) is 8.42 Å². The molecule has 0 aliphatic carbocycles. The first-order chi connectivity index (χ1) is 9.41. The molecule has 7 heteroatoms. The lowest BCUT2D eigenvalue weighted by atomic mass is 10.4. The van der Waals surface area contributed by atoms with Crippen LogP contribution in [0.15, 0.2) is 33.6 Å². The van der Waals surface area contributed by atoms with E-state index in [1.807, 2.05) is 0 Å². The van der Waals surface area contributed by atoms with Gasteiger partial charge >= 0.3 is 0 Å². The SMILES string of the molecule is CC(=O)N1CCCN(S(=O)(=O)c2ccc(Br)cc2)CC1. The summed E-state index contributed by atoms with van der Waals surface area (Å²) in [7, 11) is -3.48. The summed E-state index contributed by atoms with van der Waals surface area (Å²) in [4.78, 5) is 13.3. The Labute approximate surface area is 127 Å². The lowest BCUT2D eigenvalue weighted by Gasteiger charge is -2.21. The zero-order chi connectivity index (χ0) is 14.8. The third-order valence-corrected chi connectivity index (χ3v) is 5.79. The molecular weight excluding hydrogens is 344 g/mol. The van der Waals surface area contributed by atoms with Crippen molar-refractivity contribution >= 4 is 31.9 Å². The first kappa shape index (κ1) is 15.5. The topological polar surface area (TPSA) is 57.7 Å². The van der Waals surface area contributed by atoms with Gasteiger partial charge in [0, 0.05) is 37.6 Å². The van der Waals surface area contributed by atoms with Gasteiger partial charge in [0.1, 0.15) is 0 Å². The molecular formula is C13H17BrN2O3S. The Morgan fingerprint density at radius 1 is 1.10 bits per heavy atom. The van der Waals surface area contributed by atoms with E-state index >= 15 is 0 Å². The largest absolute Gasteiger partial charge is 0.342 e. The molecule has 1 fully saturated rings. The van der Waals surface area contributed by atoms with Crippen molar-refractivity contribution in [1.29, 1.82) is 0 Å². The Morgan fingerprint density at radius 2 is 1.75 bits per heavy atom. The van der Waals surface area contributed by atoms with Crippen LogP contribution in [0.5, 0.6) is 0 Å². The third kappa shape index (κ3) is 3.39. The minimum absolute atomic E-state index is 0.00658. The van der Waals surface area contributed by atoms with Crippen LogP contribution in [-0.4, -0.2) is 49.7 Å². The van der Waals surface area contributed by atoms with E-state index in [1.54, 1.807) is 29.2 Å². The number of rotatable bonds is 2. The average molecular weight is 361 g/mol. The van der Waals surface area contributed by atoms with Gasteiger partial charge in [0.15, 0.2) is 0 Å². The van der Waals surface area contributed by atoms with E-state index in [0.717, 1.165) is 4.47 Å². The van der Waals surface area contributed by atoms with Crippen molar-refractivity contribution in [1.82, 2.24) is 9.21 Å². The Morgan fingerprint density at radius 3 is 2.35 bits per heavy atom. The highest BCUT2D eigenvalue weighted by atomic mass is 79.9. The number of carbonyl (C=O) groups is 1. The molecule has 20 heavy (non-hydrogen) atoms. The van der Waals surface area contributed by atoms with Crippen molar-refractivity contribution in [3.05, 3.63) is 28.7 Å². The molecule has 0 unspecified atom stereocenters. The van der Waals surface area contributed by atoms with Crippen molar-refractivity contribution in [2.24, 2.45) is 0 Å². The lowest BCUT2D eigenvalue weighted by molar-refractivity contribution is -0.128. The molecule has 0 saturated carbocycles. The number of sulfonamides is 1. The fourth-order valence-electron chi connectivity index (χ4n) is 2.20. The minimum Gasteiger partial charge on any atom is -0.342 e. The van der Waals surface area contributed by atoms with Gasteiger partial charge < -0.3 is 4.90 Å². The van der Waals surface area contributed by atoms with E-state index in [1.165, 1.54) is 11.2 Å². The van der Waals surface area contributed by atoms with Gasteiger partial charge in [-0.2, -0.15) is 4.31 Å². The molecule has 0 atom stereocenters. The predicted octanol–water partition coefficient (Wildman–Crippen LogP) is 1.69. The molecule has 1 saturated heterocycles. The number of benzene rings is 1. The van der Waals surface area contributed by atoms with Crippen LogP contribution in [0.3, 0.4) is 0 Å². The number of carbonyl (C=O) groups excluding carboxylic acids is 1. The second kappa shape index (κ2) is 6.24. The summed E-state index contributed by atoms with van der Waals surface area (Å²) in [6.07, 6.45) is 0.662. The maximum Gasteiger partial charge on any atom is 0.243 e. The van der Waals surface area contributed by atoms with Crippen LogP contribution in [0, 0.1) is 0 Å². The summed E-state index contributed by atoms with van der Waals surface area (Å²) >= 11 is 3.29. The van der Waals surface area contributed by atoms with Gasteiger partial charge in [-0.3, -0.25) is 4.79 Å².